The number of nitrogens with zero attached hydrogens (tertiary/aromatic N) is 7. The van der Waals surface area contributed by atoms with Gasteiger partial charge in [0.1, 0.15) is 5.65 Å². The van der Waals surface area contributed by atoms with Gasteiger partial charge in [0.25, 0.3) is 11.1 Å². The van der Waals surface area contributed by atoms with E-state index >= 15 is 0 Å². The number of aromatic nitrogens is 8. The summed E-state index contributed by atoms with van der Waals surface area (Å²) in [4.78, 5) is 63.8. The fraction of sp³-hybridized carbons (Fsp3) is 0.375. The normalized spacial score (nSPS) is 10.8. The average molecular weight is 442 g/mol. The summed E-state index contributed by atoms with van der Waals surface area (Å²) < 4.78 is 6.66. The molecule has 0 spiro atoms. The molecule has 0 unspecified atom stereocenters. The van der Waals surface area contributed by atoms with Crippen LogP contribution in [0.2, 0.25) is 0 Å². The molecular formula is C16H19N8NaO6. The summed E-state index contributed by atoms with van der Waals surface area (Å²) >= 11 is 0. The van der Waals surface area contributed by atoms with Crippen molar-refractivity contribution >= 4 is 22.3 Å². The summed E-state index contributed by atoms with van der Waals surface area (Å²) in [5, 5.41) is 11.3. The van der Waals surface area contributed by atoms with Crippen LogP contribution < -0.4 is 62.9 Å². The van der Waals surface area contributed by atoms with Crippen molar-refractivity contribution in [3.8, 4) is 6.01 Å². The molecule has 0 aromatic carbocycles. The largest absolute Gasteiger partial charge is 1.00 e. The number of rotatable bonds is 0. The second-order valence-corrected chi connectivity index (χ2v) is 6.72. The van der Waals surface area contributed by atoms with Crippen LogP contribution in [0.3, 0.4) is 0 Å². The van der Waals surface area contributed by atoms with Crippen molar-refractivity contribution in [1.29, 1.82) is 0 Å². The zero-order chi connectivity index (χ0) is 22.7. The summed E-state index contributed by atoms with van der Waals surface area (Å²) in [6.07, 6.45) is 0. The third kappa shape index (κ3) is 3.51. The van der Waals surface area contributed by atoms with Gasteiger partial charge < -0.3 is 9.67 Å². The van der Waals surface area contributed by atoms with Gasteiger partial charge in [-0.05, 0) is 0 Å². The van der Waals surface area contributed by atoms with Crippen molar-refractivity contribution in [3.63, 3.8) is 0 Å². The first-order valence-corrected chi connectivity index (χ1v) is 8.54. The van der Waals surface area contributed by atoms with E-state index in [9.17, 15) is 29.1 Å². The van der Waals surface area contributed by atoms with E-state index in [0.717, 1.165) is 13.7 Å². The summed E-state index contributed by atoms with van der Waals surface area (Å²) in [5.74, 6) is 0. The number of hydrogen-bond acceptors (Lipinski definition) is 7. The predicted octanol–water partition coefficient (Wildman–Crippen LogP) is -6.69. The summed E-state index contributed by atoms with van der Waals surface area (Å²) in [6, 6.07) is -0.539. The van der Waals surface area contributed by atoms with E-state index in [0.29, 0.717) is 0 Å². The van der Waals surface area contributed by atoms with Gasteiger partial charge in [-0.15, -0.1) is 0 Å². The van der Waals surface area contributed by atoms with Crippen LogP contribution in [0.15, 0.2) is 24.0 Å². The van der Waals surface area contributed by atoms with E-state index in [-0.39, 0.29) is 51.9 Å². The van der Waals surface area contributed by atoms with Crippen LogP contribution in [-0.2, 0) is 42.3 Å². The first-order chi connectivity index (χ1) is 13.9. The van der Waals surface area contributed by atoms with Gasteiger partial charge >= 0.3 is 46.6 Å². The zero-order valence-corrected chi connectivity index (χ0v) is 20.1. The molecule has 4 aromatic heterocycles. The number of aryl methyl sites for hydroxylation is 4. The first kappa shape index (κ1) is 24.2. The van der Waals surface area contributed by atoms with Crippen LogP contribution in [0, 0.1) is 0 Å². The maximum absolute atomic E-state index is 11.7. The number of hydrogen-bond donors (Lipinski definition) is 1. The standard InChI is InChI=1S/2C8H10N4O3.Na/c2*1-10-4-5(9-7(10)14)11(2)8(15)12(3)6(4)13;/h2*1-3H3,(H,9,14);/q;;+1/p-1. The Labute approximate surface area is 194 Å². The Morgan fingerprint density at radius 2 is 1.16 bits per heavy atom. The third-order valence-corrected chi connectivity index (χ3v) is 4.94. The number of H-pyrrole nitrogens is 1. The van der Waals surface area contributed by atoms with E-state index in [1.165, 1.54) is 56.0 Å². The fourth-order valence-corrected chi connectivity index (χ4v) is 3.06. The van der Waals surface area contributed by atoms with Crippen LogP contribution in [0.4, 0.5) is 0 Å². The minimum atomic E-state index is -0.539. The molecule has 0 saturated carbocycles. The predicted molar refractivity (Wildman–Crippen MR) is 105 cm³/mol. The van der Waals surface area contributed by atoms with Gasteiger partial charge in [-0.1, -0.05) is 0 Å². The molecule has 31 heavy (non-hydrogen) atoms. The molecule has 0 aliphatic heterocycles. The quantitative estimate of drug-likeness (QED) is 0.264. The van der Waals surface area contributed by atoms with E-state index in [4.69, 9.17) is 0 Å². The molecule has 0 aliphatic rings. The maximum Gasteiger partial charge on any atom is 1.00 e. The molecule has 0 bridgehead atoms. The van der Waals surface area contributed by atoms with Crippen molar-refractivity contribution in [2.45, 2.75) is 0 Å². The van der Waals surface area contributed by atoms with Crippen molar-refractivity contribution in [1.82, 2.24) is 37.4 Å². The zero-order valence-electron chi connectivity index (χ0n) is 18.1. The number of fused-ring (bicyclic) bond motifs is 2. The smallest absolute Gasteiger partial charge is 0.846 e. The molecule has 0 radical (unpaired) electrons. The fourth-order valence-electron chi connectivity index (χ4n) is 3.06. The van der Waals surface area contributed by atoms with Crippen LogP contribution in [0.5, 0.6) is 6.01 Å². The average Bonchev–Trinajstić information content (AvgIpc) is 3.18. The number of aromatic amines is 1. The van der Waals surface area contributed by atoms with Crippen LogP contribution in [0.1, 0.15) is 0 Å². The van der Waals surface area contributed by atoms with Gasteiger partial charge in [-0.25, -0.2) is 19.4 Å². The van der Waals surface area contributed by atoms with Crippen molar-refractivity contribution in [2.24, 2.45) is 42.3 Å². The minimum absolute atomic E-state index is 0. The van der Waals surface area contributed by atoms with Gasteiger partial charge in [0.2, 0.25) is 0 Å². The summed E-state index contributed by atoms with van der Waals surface area (Å²) in [6.45, 7) is 0. The van der Waals surface area contributed by atoms with Crippen LogP contribution in [-0.4, -0.2) is 37.4 Å². The van der Waals surface area contributed by atoms with Crippen LogP contribution in [0.25, 0.3) is 22.3 Å². The Balaban J connectivity index is 0.000000213. The second-order valence-electron chi connectivity index (χ2n) is 6.72. The molecule has 0 saturated heterocycles. The van der Waals surface area contributed by atoms with Crippen molar-refractivity contribution in [3.05, 3.63) is 52.2 Å². The molecule has 0 atom stereocenters. The monoisotopic (exact) mass is 442 g/mol. The van der Waals surface area contributed by atoms with E-state index < -0.39 is 34.2 Å². The first-order valence-electron chi connectivity index (χ1n) is 8.54. The SMILES string of the molecule is Cn1c(=O)c2c([nH]c(=O)n2C)n(C)c1=O.Cn1c(=O)c2c(nc([O-])n2C)n(C)c1=O.[Na+]. The maximum atomic E-state index is 11.7. The molecular weight excluding hydrogens is 423 g/mol. The Morgan fingerprint density at radius 1 is 0.677 bits per heavy atom. The van der Waals surface area contributed by atoms with Gasteiger partial charge in [0, 0.05) is 42.3 Å². The Bertz CT molecular complexity index is 1620. The summed E-state index contributed by atoms with van der Waals surface area (Å²) in [5.41, 5.74) is -1.65. The minimum Gasteiger partial charge on any atom is -0.846 e. The number of nitrogens with one attached hydrogen (secondary N) is 1. The van der Waals surface area contributed by atoms with Crippen LogP contribution >= 0.6 is 0 Å². The van der Waals surface area contributed by atoms with Gasteiger partial charge in [-0.3, -0.25) is 37.4 Å². The van der Waals surface area contributed by atoms with Gasteiger partial charge in [0.15, 0.2) is 16.7 Å². The van der Waals surface area contributed by atoms with Gasteiger partial charge in [0.05, 0.1) is 6.01 Å². The molecule has 0 aliphatic carbocycles. The molecule has 1 N–H and O–H groups in total. The molecule has 4 rings (SSSR count). The van der Waals surface area contributed by atoms with Crippen molar-refractivity contribution < 1.29 is 34.7 Å². The molecule has 4 aromatic rings. The second kappa shape index (κ2) is 8.20. The molecule has 14 nitrogen and oxygen atoms in total. The topological polar surface area (TPSA) is 167 Å². The Kier molecular flexibility index (Phi) is 6.40. The van der Waals surface area contributed by atoms with Gasteiger partial charge in [-0.2, -0.15) is 0 Å². The third-order valence-electron chi connectivity index (χ3n) is 4.94. The Hall–Kier alpha value is -3.10. The van der Waals surface area contributed by atoms with E-state index in [1.807, 2.05) is 0 Å². The van der Waals surface area contributed by atoms with E-state index in [2.05, 4.69) is 9.97 Å². The van der Waals surface area contributed by atoms with E-state index in [1.54, 1.807) is 0 Å². The molecule has 0 amide bonds. The van der Waals surface area contributed by atoms with Crippen molar-refractivity contribution in [2.75, 3.05) is 0 Å². The molecule has 4 heterocycles. The molecule has 15 heteroatoms. The number of imidazole rings is 2. The molecule has 160 valence electrons. The summed E-state index contributed by atoms with van der Waals surface area (Å²) in [7, 11) is 8.64. The molecule has 0 fully saturated rings. The Morgan fingerprint density at radius 3 is 1.71 bits per heavy atom.